The average molecular weight is 276 g/mol. The number of likely N-dealkylation sites (tertiary alicyclic amines) is 1. The summed E-state index contributed by atoms with van der Waals surface area (Å²) in [5.74, 6) is 0. The molecule has 1 saturated carbocycles. The zero-order valence-electron chi connectivity index (χ0n) is 11.0. The van der Waals surface area contributed by atoms with Crippen LogP contribution in [0.15, 0.2) is 24.3 Å². The van der Waals surface area contributed by atoms with Gasteiger partial charge in [-0.15, -0.1) is 0 Å². The lowest BCUT2D eigenvalue weighted by molar-refractivity contribution is -0.384. The van der Waals surface area contributed by atoms with Gasteiger partial charge in [0.1, 0.15) is 6.61 Å². The molecule has 1 saturated heterocycles. The van der Waals surface area contributed by atoms with E-state index in [1.54, 1.807) is 12.1 Å². The lowest BCUT2D eigenvalue weighted by atomic mass is 10.0. The smallest absolute Gasteiger partial charge is 0.410 e. The van der Waals surface area contributed by atoms with Gasteiger partial charge in [-0.2, -0.15) is 0 Å². The molecule has 0 N–H and O–H groups in total. The Morgan fingerprint density at radius 3 is 2.40 bits per heavy atom. The molecule has 2 fully saturated rings. The first-order valence-electron chi connectivity index (χ1n) is 6.85. The van der Waals surface area contributed by atoms with Crippen LogP contribution in [0.5, 0.6) is 0 Å². The Hall–Kier alpha value is -2.11. The molecule has 6 heteroatoms. The van der Waals surface area contributed by atoms with Gasteiger partial charge < -0.3 is 4.74 Å². The lowest BCUT2D eigenvalue weighted by Gasteiger charge is -2.06. The van der Waals surface area contributed by atoms with Crippen molar-refractivity contribution in [1.29, 1.82) is 0 Å². The summed E-state index contributed by atoms with van der Waals surface area (Å²) in [6, 6.07) is 6.82. The third-order valence-electron chi connectivity index (χ3n) is 4.04. The molecule has 2 unspecified atom stereocenters. The van der Waals surface area contributed by atoms with Crippen molar-refractivity contribution >= 4 is 11.8 Å². The van der Waals surface area contributed by atoms with Crippen LogP contribution in [0.4, 0.5) is 10.5 Å². The first kappa shape index (κ1) is 12.9. The molecule has 0 spiro atoms. The van der Waals surface area contributed by atoms with Crippen molar-refractivity contribution in [2.75, 3.05) is 0 Å². The summed E-state index contributed by atoms with van der Waals surface area (Å²) in [4.78, 5) is 23.8. The minimum Gasteiger partial charge on any atom is -0.445 e. The normalized spacial score (nSPS) is 23.9. The molecule has 1 aromatic rings. The Morgan fingerprint density at radius 1 is 1.25 bits per heavy atom. The number of nitrogens with zero attached hydrogens (tertiary/aromatic N) is 2. The van der Waals surface area contributed by atoms with Crippen LogP contribution in [0.3, 0.4) is 0 Å². The van der Waals surface area contributed by atoms with Crippen molar-refractivity contribution in [3.05, 3.63) is 39.9 Å². The summed E-state index contributed by atoms with van der Waals surface area (Å²) < 4.78 is 5.26. The molecule has 0 aromatic heterocycles. The molecule has 106 valence electrons. The van der Waals surface area contributed by atoms with Gasteiger partial charge in [-0.1, -0.05) is 12.8 Å². The second-order valence-corrected chi connectivity index (χ2v) is 5.30. The van der Waals surface area contributed by atoms with E-state index in [-0.39, 0.29) is 18.4 Å². The maximum Gasteiger partial charge on any atom is 0.410 e. The maximum atomic E-state index is 11.9. The molecule has 1 amide bonds. The van der Waals surface area contributed by atoms with Gasteiger partial charge >= 0.3 is 6.09 Å². The highest BCUT2D eigenvalue weighted by Gasteiger charge is 2.52. The number of ether oxygens (including phenoxy) is 1. The minimum absolute atomic E-state index is 0.0389. The van der Waals surface area contributed by atoms with Crippen molar-refractivity contribution in [3.63, 3.8) is 0 Å². The fraction of sp³-hybridized carbons (Fsp3) is 0.500. The summed E-state index contributed by atoms with van der Waals surface area (Å²) >= 11 is 0. The highest BCUT2D eigenvalue weighted by Crippen LogP contribution is 2.40. The van der Waals surface area contributed by atoms with Crippen LogP contribution in [0.25, 0.3) is 0 Å². The highest BCUT2D eigenvalue weighted by molar-refractivity contribution is 5.72. The van der Waals surface area contributed by atoms with Gasteiger partial charge in [0.15, 0.2) is 0 Å². The van der Waals surface area contributed by atoms with E-state index in [1.807, 2.05) is 4.90 Å². The van der Waals surface area contributed by atoms with Crippen molar-refractivity contribution in [2.45, 2.75) is 44.4 Å². The van der Waals surface area contributed by atoms with Crippen molar-refractivity contribution in [2.24, 2.45) is 0 Å². The van der Waals surface area contributed by atoms with Gasteiger partial charge in [-0.05, 0) is 30.5 Å². The topological polar surface area (TPSA) is 72.5 Å². The molecule has 2 atom stereocenters. The van der Waals surface area contributed by atoms with E-state index < -0.39 is 4.92 Å². The largest absolute Gasteiger partial charge is 0.445 e. The van der Waals surface area contributed by atoms with E-state index in [0.29, 0.717) is 12.1 Å². The zero-order chi connectivity index (χ0) is 14.1. The van der Waals surface area contributed by atoms with E-state index in [0.717, 1.165) is 18.4 Å². The standard InChI is InChI=1S/C14H16N2O4/c17-14(15-12-3-1-2-4-13(12)15)20-9-10-5-7-11(8-6-10)16(18)19/h5-8,12-13H,1-4,9H2. The second kappa shape index (κ2) is 5.11. The van der Waals surface area contributed by atoms with Crippen LogP contribution in [-0.4, -0.2) is 28.0 Å². The molecule has 2 aliphatic rings. The molecule has 3 rings (SSSR count). The summed E-state index contributed by atoms with van der Waals surface area (Å²) in [6.45, 7) is 0.159. The van der Waals surface area contributed by atoms with Crippen LogP contribution in [0.1, 0.15) is 31.2 Å². The number of carbonyl (C=O) groups is 1. The van der Waals surface area contributed by atoms with Gasteiger partial charge in [-0.3, -0.25) is 15.0 Å². The Labute approximate surface area is 116 Å². The first-order chi connectivity index (χ1) is 9.66. The van der Waals surface area contributed by atoms with Gasteiger partial charge in [0.25, 0.3) is 5.69 Å². The number of rotatable bonds is 3. The number of nitro groups is 1. The predicted octanol–water partition coefficient (Wildman–Crippen LogP) is 2.86. The molecular weight excluding hydrogens is 260 g/mol. The van der Waals surface area contributed by atoms with Crippen molar-refractivity contribution in [3.8, 4) is 0 Å². The summed E-state index contributed by atoms with van der Waals surface area (Å²) in [5, 5.41) is 10.5. The summed E-state index contributed by atoms with van der Waals surface area (Å²) in [6.07, 6.45) is 4.27. The molecule has 1 aliphatic carbocycles. The van der Waals surface area contributed by atoms with Gasteiger partial charge in [0, 0.05) is 12.1 Å². The number of hydrogen-bond acceptors (Lipinski definition) is 4. The Morgan fingerprint density at radius 2 is 1.85 bits per heavy atom. The van der Waals surface area contributed by atoms with Gasteiger partial charge in [0.2, 0.25) is 0 Å². The van der Waals surface area contributed by atoms with E-state index in [2.05, 4.69) is 0 Å². The first-order valence-corrected chi connectivity index (χ1v) is 6.85. The number of nitro benzene ring substituents is 1. The number of hydrogen-bond donors (Lipinski definition) is 0. The number of carbonyl (C=O) groups excluding carboxylic acids is 1. The Kier molecular flexibility index (Phi) is 3.30. The third kappa shape index (κ3) is 2.45. The molecule has 1 aromatic carbocycles. The van der Waals surface area contributed by atoms with Crippen LogP contribution in [0, 0.1) is 10.1 Å². The lowest BCUT2D eigenvalue weighted by Crippen LogP contribution is -2.16. The quantitative estimate of drug-likeness (QED) is 0.483. The minimum atomic E-state index is -0.448. The van der Waals surface area contributed by atoms with Gasteiger partial charge in [0.05, 0.1) is 17.0 Å². The number of benzene rings is 1. The molecule has 6 nitrogen and oxygen atoms in total. The van der Waals surface area contributed by atoms with E-state index in [1.165, 1.54) is 25.0 Å². The molecule has 1 aliphatic heterocycles. The summed E-state index contributed by atoms with van der Waals surface area (Å²) in [7, 11) is 0. The van der Waals surface area contributed by atoms with Crippen molar-refractivity contribution < 1.29 is 14.5 Å². The number of fused-ring (bicyclic) bond motifs is 1. The number of amides is 1. The molecule has 0 bridgehead atoms. The highest BCUT2D eigenvalue weighted by atomic mass is 16.6. The average Bonchev–Trinajstić information content (AvgIpc) is 3.19. The van der Waals surface area contributed by atoms with Crippen LogP contribution in [-0.2, 0) is 11.3 Å². The van der Waals surface area contributed by atoms with Gasteiger partial charge in [-0.25, -0.2) is 4.79 Å². The molecule has 20 heavy (non-hydrogen) atoms. The van der Waals surface area contributed by atoms with E-state index in [9.17, 15) is 14.9 Å². The molecule has 1 heterocycles. The number of non-ortho nitro benzene ring substituents is 1. The van der Waals surface area contributed by atoms with Crippen LogP contribution >= 0.6 is 0 Å². The van der Waals surface area contributed by atoms with E-state index in [4.69, 9.17) is 4.74 Å². The fourth-order valence-electron chi connectivity index (χ4n) is 2.91. The Balaban J connectivity index is 1.52. The second-order valence-electron chi connectivity index (χ2n) is 5.30. The van der Waals surface area contributed by atoms with Crippen LogP contribution < -0.4 is 0 Å². The van der Waals surface area contributed by atoms with E-state index >= 15 is 0 Å². The zero-order valence-corrected chi connectivity index (χ0v) is 11.0. The van der Waals surface area contributed by atoms with Crippen LogP contribution in [0.2, 0.25) is 0 Å². The molecule has 0 radical (unpaired) electrons. The maximum absolute atomic E-state index is 11.9. The van der Waals surface area contributed by atoms with Crippen molar-refractivity contribution in [1.82, 2.24) is 4.90 Å². The monoisotopic (exact) mass is 276 g/mol. The fourth-order valence-corrected chi connectivity index (χ4v) is 2.91. The third-order valence-corrected chi connectivity index (χ3v) is 4.04. The predicted molar refractivity (Wildman–Crippen MR) is 71.2 cm³/mol. The summed E-state index contributed by atoms with van der Waals surface area (Å²) in [5.41, 5.74) is 0.797. The SMILES string of the molecule is O=C(OCc1ccc([N+](=O)[O-])cc1)N1C2CCCCC21. The molecular formula is C14H16N2O4. The Bertz CT molecular complexity index is 516.